The second-order valence-corrected chi connectivity index (χ2v) is 3.93. The van der Waals surface area contributed by atoms with Crippen LogP contribution in [0.25, 0.3) is 10.9 Å². The molecule has 0 saturated carbocycles. The van der Waals surface area contributed by atoms with E-state index in [0.717, 1.165) is 11.8 Å². The lowest BCUT2D eigenvalue weighted by Crippen LogP contribution is -2.01. The Bertz CT molecular complexity index is 434. The summed E-state index contributed by atoms with van der Waals surface area (Å²) in [6.07, 6.45) is 2.99. The number of benzene rings is 1. The number of halogens is 1. The van der Waals surface area contributed by atoms with Crippen LogP contribution in [0.2, 0.25) is 0 Å². The zero-order chi connectivity index (χ0) is 9.97. The number of nitrogens with two attached hydrogens (primary N) is 1. The molecular weight excluding hydrogens is 240 g/mol. The highest BCUT2D eigenvalue weighted by Gasteiger charge is 2.03. The predicted molar refractivity (Wildman–Crippen MR) is 63.7 cm³/mol. The van der Waals surface area contributed by atoms with Gasteiger partial charge in [-0.15, -0.1) is 0 Å². The molecule has 1 aromatic carbocycles. The van der Waals surface area contributed by atoms with Crippen molar-refractivity contribution in [2.45, 2.75) is 11.8 Å². The summed E-state index contributed by atoms with van der Waals surface area (Å²) in [7, 11) is 0. The Kier molecular flexibility index (Phi) is 2.89. The Morgan fingerprint density at radius 3 is 2.93 bits per heavy atom. The van der Waals surface area contributed by atoms with Crippen molar-refractivity contribution in [2.75, 3.05) is 6.54 Å². The number of aromatic amines is 1. The lowest BCUT2D eigenvalue weighted by molar-refractivity contribution is 0.976. The third-order valence-corrected chi connectivity index (χ3v) is 3.05. The van der Waals surface area contributed by atoms with Crippen LogP contribution >= 0.6 is 15.9 Å². The van der Waals surface area contributed by atoms with E-state index < -0.39 is 0 Å². The minimum atomic E-state index is 0.700. The molecule has 0 amide bonds. The fourth-order valence-electron chi connectivity index (χ4n) is 1.67. The number of aromatic nitrogens is 1. The standard InChI is InChI=1S/C11H13BrN2/c12-6-8-1-2-11-10(5-8)9(3-4-13)7-14-11/h1-2,5,7,14H,3-4,6,13H2. The van der Waals surface area contributed by atoms with Gasteiger partial charge < -0.3 is 10.7 Å². The van der Waals surface area contributed by atoms with Crippen LogP contribution in [0, 0.1) is 0 Å². The molecule has 0 radical (unpaired) electrons. The molecule has 0 spiro atoms. The van der Waals surface area contributed by atoms with Crippen molar-refractivity contribution < 1.29 is 0 Å². The Balaban J connectivity index is 2.52. The van der Waals surface area contributed by atoms with Gasteiger partial charge in [-0.25, -0.2) is 0 Å². The van der Waals surface area contributed by atoms with Crippen molar-refractivity contribution in [1.29, 1.82) is 0 Å². The molecule has 0 aliphatic rings. The van der Waals surface area contributed by atoms with E-state index in [4.69, 9.17) is 5.73 Å². The van der Waals surface area contributed by atoms with E-state index in [-0.39, 0.29) is 0 Å². The van der Waals surface area contributed by atoms with Crippen molar-refractivity contribution in [3.8, 4) is 0 Å². The fourth-order valence-corrected chi connectivity index (χ4v) is 2.02. The van der Waals surface area contributed by atoms with Crippen molar-refractivity contribution in [2.24, 2.45) is 5.73 Å². The van der Waals surface area contributed by atoms with Gasteiger partial charge >= 0.3 is 0 Å². The van der Waals surface area contributed by atoms with Gasteiger partial charge in [-0.3, -0.25) is 0 Å². The average Bonchev–Trinajstić information content (AvgIpc) is 2.61. The van der Waals surface area contributed by atoms with Crippen LogP contribution in [0.15, 0.2) is 24.4 Å². The van der Waals surface area contributed by atoms with Gasteiger partial charge in [0.1, 0.15) is 0 Å². The molecule has 0 unspecified atom stereocenters. The van der Waals surface area contributed by atoms with E-state index >= 15 is 0 Å². The van der Waals surface area contributed by atoms with E-state index in [1.54, 1.807) is 0 Å². The molecule has 0 saturated heterocycles. The zero-order valence-corrected chi connectivity index (χ0v) is 9.47. The topological polar surface area (TPSA) is 41.8 Å². The summed E-state index contributed by atoms with van der Waals surface area (Å²) in [5.41, 5.74) is 9.36. The summed E-state index contributed by atoms with van der Waals surface area (Å²) in [5.74, 6) is 0. The van der Waals surface area contributed by atoms with Crippen LogP contribution in [-0.2, 0) is 11.8 Å². The molecule has 0 fully saturated rings. The van der Waals surface area contributed by atoms with E-state index in [1.807, 2.05) is 0 Å². The van der Waals surface area contributed by atoms with E-state index in [0.29, 0.717) is 6.54 Å². The molecule has 1 aromatic heterocycles. The van der Waals surface area contributed by atoms with Gasteiger partial charge in [0.2, 0.25) is 0 Å². The molecule has 74 valence electrons. The Morgan fingerprint density at radius 1 is 1.36 bits per heavy atom. The van der Waals surface area contributed by atoms with E-state index in [9.17, 15) is 0 Å². The number of nitrogens with one attached hydrogen (secondary N) is 1. The largest absolute Gasteiger partial charge is 0.361 e. The van der Waals surface area contributed by atoms with Gasteiger partial charge in [-0.1, -0.05) is 22.0 Å². The molecule has 0 aliphatic carbocycles. The first-order valence-electron chi connectivity index (χ1n) is 4.70. The fraction of sp³-hybridized carbons (Fsp3) is 0.273. The van der Waals surface area contributed by atoms with Crippen molar-refractivity contribution >= 4 is 26.8 Å². The molecular formula is C11H13BrN2. The van der Waals surface area contributed by atoms with Gasteiger partial charge in [0.05, 0.1) is 0 Å². The van der Waals surface area contributed by atoms with Gasteiger partial charge in [0, 0.05) is 22.4 Å². The Morgan fingerprint density at radius 2 is 2.21 bits per heavy atom. The maximum absolute atomic E-state index is 5.56. The lowest BCUT2D eigenvalue weighted by atomic mass is 10.1. The first kappa shape index (κ1) is 9.74. The summed E-state index contributed by atoms with van der Waals surface area (Å²) in [6, 6.07) is 6.46. The number of rotatable bonds is 3. The summed E-state index contributed by atoms with van der Waals surface area (Å²) in [6.45, 7) is 0.700. The maximum Gasteiger partial charge on any atom is 0.0457 e. The first-order chi connectivity index (χ1) is 6.85. The SMILES string of the molecule is NCCc1c[nH]c2ccc(CBr)cc12. The summed E-state index contributed by atoms with van der Waals surface area (Å²) < 4.78 is 0. The smallest absolute Gasteiger partial charge is 0.0457 e. The third-order valence-electron chi connectivity index (χ3n) is 2.40. The predicted octanol–water partition coefficient (Wildman–Crippen LogP) is 2.56. The summed E-state index contributed by atoms with van der Waals surface area (Å²) in [4.78, 5) is 3.25. The monoisotopic (exact) mass is 252 g/mol. The first-order valence-corrected chi connectivity index (χ1v) is 5.82. The van der Waals surface area contributed by atoms with Crippen LogP contribution in [-0.4, -0.2) is 11.5 Å². The minimum Gasteiger partial charge on any atom is -0.361 e. The Labute approximate surface area is 91.6 Å². The number of fused-ring (bicyclic) bond motifs is 1. The lowest BCUT2D eigenvalue weighted by Gasteiger charge is -1.98. The normalized spacial score (nSPS) is 11.0. The van der Waals surface area contributed by atoms with Crippen molar-refractivity contribution in [1.82, 2.24) is 4.98 Å². The second kappa shape index (κ2) is 4.15. The number of hydrogen-bond acceptors (Lipinski definition) is 1. The average molecular weight is 253 g/mol. The zero-order valence-electron chi connectivity index (χ0n) is 7.89. The molecule has 0 atom stereocenters. The van der Waals surface area contributed by atoms with Crippen molar-refractivity contribution in [3.05, 3.63) is 35.5 Å². The number of alkyl halides is 1. The quantitative estimate of drug-likeness (QED) is 0.811. The molecule has 3 heteroatoms. The minimum absolute atomic E-state index is 0.700. The van der Waals surface area contributed by atoms with E-state index in [1.165, 1.54) is 22.0 Å². The molecule has 2 aromatic rings. The number of H-pyrrole nitrogens is 1. The second-order valence-electron chi connectivity index (χ2n) is 3.37. The number of hydrogen-bond donors (Lipinski definition) is 2. The molecule has 1 heterocycles. The van der Waals surface area contributed by atoms with Crippen LogP contribution in [0.1, 0.15) is 11.1 Å². The van der Waals surface area contributed by atoms with Crippen LogP contribution in [0.4, 0.5) is 0 Å². The van der Waals surface area contributed by atoms with Gasteiger partial charge in [0.15, 0.2) is 0 Å². The molecule has 14 heavy (non-hydrogen) atoms. The van der Waals surface area contributed by atoms with Gasteiger partial charge in [0.25, 0.3) is 0 Å². The summed E-state index contributed by atoms with van der Waals surface area (Å²) >= 11 is 3.46. The Hall–Kier alpha value is -0.800. The molecule has 0 bridgehead atoms. The highest BCUT2D eigenvalue weighted by molar-refractivity contribution is 9.08. The third kappa shape index (κ3) is 1.70. The molecule has 3 N–H and O–H groups in total. The molecule has 0 aliphatic heterocycles. The van der Waals surface area contributed by atoms with Crippen LogP contribution in [0.3, 0.4) is 0 Å². The van der Waals surface area contributed by atoms with Gasteiger partial charge in [-0.2, -0.15) is 0 Å². The van der Waals surface area contributed by atoms with Crippen LogP contribution < -0.4 is 5.73 Å². The highest BCUT2D eigenvalue weighted by Crippen LogP contribution is 2.21. The maximum atomic E-state index is 5.56. The van der Waals surface area contributed by atoms with E-state index in [2.05, 4.69) is 45.3 Å². The molecule has 2 nitrogen and oxygen atoms in total. The summed E-state index contributed by atoms with van der Waals surface area (Å²) in [5, 5.41) is 2.20. The van der Waals surface area contributed by atoms with Crippen LogP contribution in [0.5, 0.6) is 0 Å². The van der Waals surface area contributed by atoms with Crippen molar-refractivity contribution in [3.63, 3.8) is 0 Å². The highest BCUT2D eigenvalue weighted by atomic mass is 79.9. The molecule has 2 rings (SSSR count). The van der Waals surface area contributed by atoms with Gasteiger partial charge in [-0.05, 0) is 36.2 Å².